The summed E-state index contributed by atoms with van der Waals surface area (Å²) in [4.78, 5) is 0.257. The van der Waals surface area contributed by atoms with Gasteiger partial charge in [-0.25, -0.2) is 8.42 Å². The molecule has 0 bridgehead atoms. The molecule has 0 saturated carbocycles. The smallest absolute Gasteiger partial charge is 0.243 e. The zero-order valence-corrected chi connectivity index (χ0v) is 13.0. The minimum atomic E-state index is -3.50. The monoisotopic (exact) mass is 312 g/mol. The fourth-order valence-corrected chi connectivity index (χ4v) is 4.44. The zero-order chi connectivity index (χ0) is 15.0. The number of hydrogen-bond acceptors (Lipinski definition) is 5. The maximum atomic E-state index is 12.8. The van der Waals surface area contributed by atoms with E-state index in [1.165, 1.54) is 4.31 Å². The molecule has 6 nitrogen and oxygen atoms in total. The third-order valence-electron chi connectivity index (χ3n) is 3.68. The molecule has 3 rings (SSSR count). The van der Waals surface area contributed by atoms with Crippen molar-refractivity contribution in [3.05, 3.63) is 18.2 Å². The Bertz CT molecular complexity index is 622. The predicted octanol–water partition coefficient (Wildman–Crippen LogP) is 0.829. The van der Waals surface area contributed by atoms with E-state index in [2.05, 4.69) is 5.32 Å². The van der Waals surface area contributed by atoms with Crippen LogP contribution in [0.2, 0.25) is 0 Å². The molecular weight excluding hydrogens is 292 g/mol. The Balaban J connectivity index is 1.91. The lowest BCUT2D eigenvalue weighted by molar-refractivity contribution is 0.171. The van der Waals surface area contributed by atoms with Crippen molar-refractivity contribution in [1.82, 2.24) is 9.62 Å². The average molecular weight is 312 g/mol. The van der Waals surface area contributed by atoms with Crippen LogP contribution in [0.1, 0.15) is 13.8 Å². The number of fused-ring (bicyclic) bond motifs is 1. The number of rotatable bonds is 2. The Morgan fingerprint density at radius 2 is 1.71 bits per heavy atom. The van der Waals surface area contributed by atoms with Crippen molar-refractivity contribution in [2.75, 3.05) is 26.3 Å². The first-order valence-electron chi connectivity index (χ1n) is 7.12. The summed E-state index contributed by atoms with van der Waals surface area (Å²) >= 11 is 0. The number of ether oxygens (including phenoxy) is 2. The molecule has 1 saturated heterocycles. The van der Waals surface area contributed by atoms with Gasteiger partial charge < -0.3 is 14.8 Å². The van der Waals surface area contributed by atoms with Crippen LogP contribution in [0.15, 0.2) is 23.1 Å². The summed E-state index contributed by atoms with van der Waals surface area (Å²) in [6, 6.07) is 5.08. The number of nitrogens with one attached hydrogen (secondary N) is 1. The van der Waals surface area contributed by atoms with Crippen molar-refractivity contribution in [3.63, 3.8) is 0 Å². The fourth-order valence-electron chi connectivity index (χ4n) is 2.81. The lowest BCUT2D eigenvalue weighted by Crippen LogP contribution is -2.55. The summed E-state index contributed by atoms with van der Waals surface area (Å²) in [6.07, 6.45) is 0. The predicted molar refractivity (Wildman–Crippen MR) is 78.3 cm³/mol. The second-order valence-corrected chi connectivity index (χ2v) is 7.53. The third kappa shape index (κ3) is 2.86. The van der Waals surface area contributed by atoms with Gasteiger partial charge >= 0.3 is 0 Å². The summed E-state index contributed by atoms with van der Waals surface area (Å²) in [5.41, 5.74) is 0. The fraction of sp³-hybridized carbons (Fsp3) is 0.571. The topological polar surface area (TPSA) is 67.9 Å². The maximum Gasteiger partial charge on any atom is 0.243 e. The number of nitrogens with zero attached hydrogens (tertiary/aromatic N) is 1. The summed E-state index contributed by atoms with van der Waals surface area (Å²) in [7, 11) is -3.50. The van der Waals surface area contributed by atoms with Gasteiger partial charge in [0.05, 0.1) is 4.90 Å². The number of benzene rings is 1. The highest BCUT2D eigenvalue weighted by Gasteiger charge is 2.32. The molecule has 0 amide bonds. The van der Waals surface area contributed by atoms with Crippen molar-refractivity contribution >= 4 is 10.0 Å². The molecule has 1 aromatic carbocycles. The highest BCUT2D eigenvalue weighted by atomic mass is 32.2. The first kappa shape index (κ1) is 14.6. The highest BCUT2D eigenvalue weighted by molar-refractivity contribution is 7.89. The molecule has 2 atom stereocenters. The van der Waals surface area contributed by atoms with Crippen LogP contribution in [0.25, 0.3) is 0 Å². The summed E-state index contributed by atoms with van der Waals surface area (Å²) in [6.45, 7) is 5.86. The Labute approximate surface area is 125 Å². The van der Waals surface area contributed by atoms with Gasteiger partial charge in [-0.05, 0) is 26.0 Å². The van der Waals surface area contributed by atoms with E-state index in [1.807, 2.05) is 13.8 Å². The normalized spacial score (nSPS) is 26.6. The summed E-state index contributed by atoms with van der Waals surface area (Å²) in [5, 5.41) is 3.33. The van der Waals surface area contributed by atoms with E-state index in [9.17, 15) is 8.42 Å². The standard InChI is InChI=1S/C14H20N2O4S/c1-10-8-16(9-11(2)15-10)21(17,18)12-3-4-13-14(7-12)20-6-5-19-13/h3-4,7,10-11,15H,5-6,8-9H2,1-2H3. The molecule has 116 valence electrons. The van der Waals surface area contributed by atoms with Gasteiger partial charge in [-0.2, -0.15) is 4.31 Å². The molecule has 0 spiro atoms. The van der Waals surface area contributed by atoms with Gasteiger partial charge in [-0.3, -0.25) is 0 Å². The van der Waals surface area contributed by atoms with E-state index in [0.717, 1.165) is 0 Å². The molecule has 1 aromatic rings. The van der Waals surface area contributed by atoms with Crippen LogP contribution in [-0.4, -0.2) is 51.1 Å². The third-order valence-corrected chi connectivity index (χ3v) is 5.50. The Hall–Kier alpha value is -1.31. The first-order chi connectivity index (χ1) is 9.96. The molecule has 1 N–H and O–H groups in total. The van der Waals surface area contributed by atoms with Gasteiger partial charge in [0.25, 0.3) is 0 Å². The molecule has 0 aliphatic carbocycles. The largest absolute Gasteiger partial charge is 0.486 e. The van der Waals surface area contributed by atoms with Gasteiger partial charge in [0.15, 0.2) is 11.5 Å². The van der Waals surface area contributed by atoms with Crippen molar-refractivity contribution in [3.8, 4) is 11.5 Å². The molecule has 21 heavy (non-hydrogen) atoms. The van der Waals surface area contributed by atoms with Crippen LogP contribution in [0.3, 0.4) is 0 Å². The minimum absolute atomic E-state index is 0.140. The lowest BCUT2D eigenvalue weighted by atomic mass is 10.2. The van der Waals surface area contributed by atoms with Gasteiger partial charge in [0.1, 0.15) is 13.2 Å². The molecule has 2 unspecified atom stereocenters. The van der Waals surface area contributed by atoms with E-state index in [0.29, 0.717) is 37.8 Å². The summed E-state index contributed by atoms with van der Waals surface area (Å²) < 4.78 is 38.0. The van der Waals surface area contributed by atoms with Crippen LogP contribution in [-0.2, 0) is 10.0 Å². The van der Waals surface area contributed by atoms with Crippen LogP contribution in [0.4, 0.5) is 0 Å². The molecule has 2 heterocycles. The second kappa shape index (κ2) is 5.47. The molecule has 0 aromatic heterocycles. The van der Waals surface area contributed by atoms with E-state index in [1.54, 1.807) is 18.2 Å². The van der Waals surface area contributed by atoms with Crippen molar-refractivity contribution < 1.29 is 17.9 Å². The van der Waals surface area contributed by atoms with Gasteiger partial charge in [0.2, 0.25) is 10.0 Å². The van der Waals surface area contributed by atoms with Crippen LogP contribution in [0, 0.1) is 0 Å². The Morgan fingerprint density at radius 1 is 1.10 bits per heavy atom. The molecule has 0 radical (unpaired) electrons. The molecule has 2 aliphatic heterocycles. The van der Waals surface area contributed by atoms with Crippen LogP contribution < -0.4 is 14.8 Å². The number of hydrogen-bond donors (Lipinski definition) is 1. The lowest BCUT2D eigenvalue weighted by Gasteiger charge is -2.35. The second-order valence-electron chi connectivity index (χ2n) is 5.60. The van der Waals surface area contributed by atoms with E-state index in [-0.39, 0.29) is 17.0 Å². The zero-order valence-electron chi connectivity index (χ0n) is 12.2. The SMILES string of the molecule is CC1CN(S(=O)(=O)c2ccc3c(c2)OCCO3)CC(C)N1. The first-order valence-corrected chi connectivity index (χ1v) is 8.56. The van der Waals surface area contributed by atoms with Gasteiger partial charge in [0, 0.05) is 31.2 Å². The molecule has 7 heteroatoms. The maximum absolute atomic E-state index is 12.8. The minimum Gasteiger partial charge on any atom is -0.486 e. The van der Waals surface area contributed by atoms with E-state index < -0.39 is 10.0 Å². The number of piperazine rings is 1. The summed E-state index contributed by atoms with van der Waals surface area (Å²) in [5.74, 6) is 1.10. The van der Waals surface area contributed by atoms with E-state index >= 15 is 0 Å². The molecular formula is C14H20N2O4S. The van der Waals surface area contributed by atoms with Crippen LogP contribution in [0.5, 0.6) is 11.5 Å². The van der Waals surface area contributed by atoms with Gasteiger partial charge in [-0.15, -0.1) is 0 Å². The van der Waals surface area contributed by atoms with Gasteiger partial charge in [-0.1, -0.05) is 0 Å². The Morgan fingerprint density at radius 3 is 2.38 bits per heavy atom. The molecule has 2 aliphatic rings. The molecule has 1 fully saturated rings. The quantitative estimate of drug-likeness (QED) is 0.876. The average Bonchev–Trinajstić information content (AvgIpc) is 2.45. The van der Waals surface area contributed by atoms with Crippen molar-refractivity contribution in [2.24, 2.45) is 0 Å². The van der Waals surface area contributed by atoms with Crippen molar-refractivity contribution in [2.45, 2.75) is 30.8 Å². The Kier molecular flexibility index (Phi) is 3.81. The highest BCUT2D eigenvalue weighted by Crippen LogP contribution is 2.33. The number of sulfonamides is 1. The van der Waals surface area contributed by atoms with Crippen molar-refractivity contribution in [1.29, 1.82) is 0 Å². The van der Waals surface area contributed by atoms with E-state index in [4.69, 9.17) is 9.47 Å². The van der Waals surface area contributed by atoms with Crippen LogP contribution >= 0.6 is 0 Å².